The zero-order valence-corrected chi connectivity index (χ0v) is 15.1. The Balaban J connectivity index is 2.22. The molecule has 4 heteroatoms. The van der Waals surface area contributed by atoms with E-state index in [1.807, 2.05) is 20.8 Å². The van der Waals surface area contributed by atoms with E-state index in [0.29, 0.717) is 6.54 Å². The van der Waals surface area contributed by atoms with Gasteiger partial charge < -0.3 is 15.4 Å². The second kappa shape index (κ2) is 10.3. The maximum atomic E-state index is 11.6. The molecule has 0 aliphatic rings. The van der Waals surface area contributed by atoms with Crippen LogP contribution in [0, 0.1) is 0 Å². The fourth-order valence-corrected chi connectivity index (χ4v) is 2.18. The predicted octanol–water partition coefficient (Wildman–Crippen LogP) is 4.03. The molecule has 2 N–H and O–H groups in total. The molecule has 0 atom stereocenters. The number of hydrogen-bond donors (Lipinski definition) is 2. The highest BCUT2D eigenvalue weighted by Crippen LogP contribution is 2.07. The molecule has 130 valence electrons. The molecule has 0 unspecified atom stereocenters. The Morgan fingerprint density at radius 3 is 2.30 bits per heavy atom. The predicted molar refractivity (Wildman–Crippen MR) is 95.6 cm³/mol. The molecular weight excluding hydrogens is 288 g/mol. The molecule has 0 aromatic heterocycles. The molecule has 0 bridgehead atoms. The summed E-state index contributed by atoms with van der Waals surface area (Å²) < 4.78 is 5.21. The maximum Gasteiger partial charge on any atom is 0.407 e. The van der Waals surface area contributed by atoms with Crippen molar-refractivity contribution < 1.29 is 9.53 Å². The number of benzene rings is 1. The van der Waals surface area contributed by atoms with E-state index in [1.165, 1.54) is 30.4 Å². The molecule has 0 saturated carbocycles. The average molecular weight is 320 g/mol. The van der Waals surface area contributed by atoms with Gasteiger partial charge in [0.1, 0.15) is 5.60 Å². The average Bonchev–Trinajstić information content (AvgIpc) is 2.47. The van der Waals surface area contributed by atoms with Crippen LogP contribution in [0.15, 0.2) is 24.3 Å². The van der Waals surface area contributed by atoms with Crippen LogP contribution in [-0.2, 0) is 17.7 Å². The highest BCUT2D eigenvalue weighted by atomic mass is 16.6. The summed E-state index contributed by atoms with van der Waals surface area (Å²) in [6.45, 7) is 10.4. The lowest BCUT2D eigenvalue weighted by atomic mass is 10.1. The Morgan fingerprint density at radius 1 is 1.04 bits per heavy atom. The monoisotopic (exact) mass is 320 g/mol. The van der Waals surface area contributed by atoms with Crippen molar-refractivity contribution in [3.63, 3.8) is 0 Å². The van der Waals surface area contributed by atoms with Crippen molar-refractivity contribution in [2.75, 3.05) is 13.1 Å². The second-order valence-corrected chi connectivity index (χ2v) is 6.88. The van der Waals surface area contributed by atoms with Crippen molar-refractivity contribution in [3.8, 4) is 0 Å². The van der Waals surface area contributed by atoms with Crippen molar-refractivity contribution in [1.29, 1.82) is 0 Å². The Hall–Kier alpha value is -1.55. The summed E-state index contributed by atoms with van der Waals surface area (Å²) in [6.07, 6.45) is 4.24. The minimum atomic E-state index is -0.449. The van der Waals surface area contributed by atoms with Crippen LogP contribution >= 0.6 is 0 Å². The van der Waals surface area contributed by atoms with Gasteiger partial charge in [-0.15, -0.1) is 0 Å². The first-order chi connectivity index (χ1) is 10.9. The topological polar surface area (TPSA) is 50.4 Å². The molecule has 4 nitrogen and oxygen atoms in total. The number of hydrogen-bond acceptors (Lipinski definition) is 3. The number of ether oxygens (including phenoxy) is 1. The van der Waals surface area contributed by atoms with Gasteiger partial charge >= 0.3 is 6.09 Å². The summed E-state index contributed by atoms with van der Waals surface area (Å²) in [6, 6.07) is 8.55. The second-order valence-electron chi connectivity index (χ2n) is 6.88. The van der Waals surface area contributed by atoms with E-state index in [1.54, 1.807) is 0 Å². The largest absolute Gasteiger partial charge is 0.444 e. The van der Waals surface area contributed by atoms with Gasteiger partial charge in [-0.25, -0.2) is 4.79 Å². The molecule has 0 radical (unpaired) electrons. The first-order valence-electron chi connectivity index (χ1n) is 8.66. The van der Waals surface area contributed by atoms with Crippen LogP contribution in [0.5, 0.6) is 0 Å². The van der Waals surface area contributed by atoms with Gasteiger partial charge in [0.2, 0.25) is 0 Å². The number of amides is 1. The van der Waals surface area contributed by atoms with E-state index >= 15 is 0 Å². The van der Waals surface area contributed by atoms with Crippen LogP contribution in [0.4, 0.5) is 4.79 Å². The van der Waals surface area contributed by atoms with Crippen molar-refractivity contribution >= 4 is 6.09 Å². The van der Waals surface area contributed by atoms with Gasteiger partial charge in [0.15, 0.2) is 0 Å². The lowest BCUT2D eigenvalue weighted by Gasteiger charge is -2.19. The zero-order chi connectivity index (χ0) is 17.1. The highest BCUT2D eigenvalue weighted by Gasteiger charge is 2.15. The molecular formula is C19H32N2O2. The zero-order valence-electron chi connectivity index (χ0n) is 15.1. The fourth-order valence-electron chi connectivity index (χ4n) is 2.18. The standard InChI is InChI=1S/C19H32N2O2/c1-5-6-7-13-20-15-17-10-8-16(9-11-17)12-14-21-18(22)23-19(2,3)4/h8-11,20H,5-7,12-15H2,1-4H3,(H,21,22). The Kier molecular flexibility index (Phi) is 8.70. The summed E-state index contributed by atoms with van der Waals surface area (Å²) in [7, 11) is 0. The molecule has 23 heavy (non-hydrogen) atoms. The Bertz CT molecular complexity index is 449. The lowest BCUT2D eigenvalue weighted by molar-refractivity contribution is 0.0528. The van der Waals surface area contributed by atoms with E-state index in [9.17, 15) is 4.79 Å². The van der Waals surface area contributed by atoms with Gasteiger partial charge in [-0.2, -0.15) is 0 Å². The van der Waals surface area contributed by atoms with E-state index in [2.05, 4.69) is 41.8 Å². The van der Waals surface area contributed by atoms with Crippen LogP contribution in [0.25, 0.3) is 0 Å². The van der Waals surface area contributed by atoms with Gasteiger partial charge in [-0.1, -0.05) is 44.0 Å². The normalized spacial score (nSPS) is 11.3. The minimum Gasteiger partial charge on any atom is -0.444 e. The van der Waals surface area contributed by atoms with E-state index < -0.39 is 5.60 Å². The summed E-state index contributed by atoms with van der Waals surface area (Å²) in [5.74, 6) is 0. The molecule has 1 amide bonds. The molecule has 0 spiro atoms. The van der Waals surface area contributed by atoms with E-state index in [0.717, 1.165) is 19.5 Å². The quantitative estimate of drug-likeness (QED) is 0.675. The minimum absolute atomic E-state index is 0.356. The summed E-state index contributed by atoms with van der Waals surface area (Å²) >= 11 is 0. The fraction of sp³-hybridized carbons (Fsp3) is 0.632. The molecule has 0 aliphatic heterocycles. The third-order valence-electron chi connectivity index (χ3n) is 3.39. The Morgan fingerprint density at radius 2 is 1.70 bits per heavy atom. The molecule has 1 aromatic rings. The summed E-state index contributed by atoms with van der Waals surface area (Å²) in [5, 5.41) is 6.24. The molecule has 0 fully saturated rings. The summed E-state index contributed by atoms with van der Waals surface area (Å²) in [5.41, 5.74) is 2.07. The number of carbonyl (C=O) groups is 1. The van der Waals surface area contributed by atoms with Gasteiger partial charge in [-0.3, -0.25) is 0 Å². The van der Waals surface area contributed by atoms with E-state index in [4.69, 9.17) is 4.74 Å². The van der Waals surface area contributed by atoms with Gasteiger partial charge in [0, 0.05) is 13.1 Å². The van der Waals surface area contributed by atoms with Crippen molar-refractivity contribution in [1.82, 2.24) is 10.6 Å². The van der Waals surface area contributed by atoms with Crippen LogP contribution < -0.4 is 10.6 Å². The smallest absolute Gasteiger partial charge is 0.407 e. The third kappa shape index (κ3) is 9.95. The third-order valence-corrected chi connectivity index (χ3v) is 3.39. The number of rotatable bonds is 9. The number of alkyl carbamates (subject to hydrolysis) is 1. The van der Waals surface area contributed by atoms with Crippen LogP contribution in [0.1, 0.15) is 58.1 Å². The molecule has 0 heterocycles. The first kappa shape index (κ1) is 19.5. The number of carbonyl (C=O) groups excluding carboxylic acids is 1. The summed E-state index contributed by atoms with van der Waals surface area (Å²) in [4.78, 5) is 11.6. The molecule has 0 saturated heterocycles. The van der Waals surface area contributed by atoms with Crippen molar-refractivity contribution in [3.05, 3.63) is 35.4 Å². The van der Waals surface area contributed by atoms with Gasteiger partial charge in [0.05, 0.1) is 0 Å². The van der Waals surface area contributed by atoms with Crippen LogP contribution in [-0.4, -0.2) is 24.8 Å². The van der Waals surface area contributed by atoms with Crippen molar-refractivity contribution in [2.45, 2.75) is 65.5 Å². The SMILES string of the molecule is CCCCCNCc1ccc(CCNC(=O)OC(C)(C)C)cc1. The number of nitrogens with one attached hydrogen (secondary N) is 2. The molecule has 1 aromatic carbocycles. The first-order valence-corrected chi connectivity index (χ1v) is 8.66. The lowest BCUT2D eigenvalue weighted by Crippen LogP contribution is -2.33. The maximum absolute atomic E-state index is 11.6. The number of unbranched alkanes of at least 4 members (excludes halogenated alkanes) is 2. The van der Waals surface area contributed by atoms with Crippen LogP contribution in [0.3, 0.4) is 0 Å². The van der Waals surface area contributed by atoms with Gasteiger partial charge in [0.25, 0.3) is 0 Å². The van der Waals surface area contributed by atoms with Crippen molar-refractivity contribution in [2.24, 2.45) is 0 Å². The Labute approximate surface area is 141 Å². The highest BCUT2D eigenvalue weighted by molar-refractivity contribution is 5.67. The van der Waals surface area contributed by atoms with Gasteiger partial charge in [-0.05, 0) is 51.3 Å². The molecule has 1 rings (SSSR count). The van der Waals surface area contributed by atoms with Crippen LogP contribution in [0.2, 0.25) is 0 Å². The van der Waals surface area contributed by atoms with E-state index in [-0.39, 0.29) is 6.09 Å². The molecule has 0 aliphatic carbocycles.